The Hall–Kier alpha value is -3.84. The van der Waals surface area contributed by atoms with Crippen LogP contribution in [0.4, 0.5) is 0 Å². The lowest BCUT2D eigenvalue weighted by molar-refractivity contribution is -0.181. The normalized spacial score (nSPS) is 14.4. The number of rotatable bonds is 9. The molecule has 0 radical (unpaired) electrons. The van der Waals surface area contributed by atoms with Gasteiger partial charge in [-0.25, -0.2) is 19.2 Å². The Labute approximate surface area is 193 Å². The van der Waals surface area contributed by atoms with Crippen LogP contribution in [0.3, 0.4) is 0 Å². The number of esters is 4. The third-order valence-electron chi connectivity index (χ3n) is 4.57. The first-order valence-electron chi connectivity index (χ1n) is 9.92. The maximum atomic E-state index is 12.0. The Morgan fingerprint density at radius 2 is 0.912 bits per heavy atom. The molecule has 2 aromatic rings. The second kappa shape index (κ2) is 11.9. The summed E-state index contributed by atoms with van der Waals surface area (Å²) in [7, 11) is 0. The van der Waals surface area contributed by atoms with Crippen molar-refractivity contribution in [2.24, 2.45) is 11.5 Å². The van der Waals surface area contributed by atoms with Gasteiger partial charge in [-0.3, -0.25) is 0 Å². The van der Waals surface area contributed by atoms with Crippen molar-refractivity contribution in [3.63, 3.8) is 0 Å². The van der Waals surface area contributed by atoms with Crippen LogP contribution in [0.5, 0.6) is 11.5 Å². The van der Waals surface area contributed by atoms with E-state index in [1.54, 1.807) is 0 Å². The molecular formula is C22H24N2O10. The predicted octanol–water partition coefficient (Wildman–Crippen LogP) is -1.60. The van der Waals surface area contributed by atoms with E-state index < -0.39 is 48.2 Å². The average molecular weight is 476 g/mol. The molecular weight excluding hydrogens is 452 g/mol. The summed E-state index contributed by atoms with van der Waals surface area (Å²) in [4.78, 5) is 47.8. The van der Waals surface area contributed by atoms with Crippen molar-refractivity contribution in [3.8, 4) is 11.5 Å². The number of benzene rings is 2. The van der Waals surface area contributed by atoms with Gasteiger partial charge in [-0.05, 0) is 48.2 Å². The van der Waals surface area contributed by atoms with Gasteiger partial charge in [-0.15, -0.1) is 0 Å². The average Bonchev–Trinajstić information content (AvgIpc) is 2.80. The van der Waals surface area contributed by atoms with Crippen LogP contribution >= 0.6 is 0 Å². The fourth-order valence-corrected chi connectivity index (χ4v) is 2.67. The van der Waals surface area contributed by atoms with Crippen molar-refractivity contribution >= 4 is 23.9 Å². The van der Waals surface area contributed by atoms with E-state index in [9.17, 15) is 39.6 Å². The molecule has 2 rings (SSSR count). The highest BCUT2D eigenvalue weighted by atomic mass is 16.6. The molecule has 8 N–H and O–H groups in total. The van der Waals surface area contributed by atoms with Crippen LogP contribution in [0, 0.1) is 0 Å². The topological polar surface area (TPSA) is 220 Å². The first kappa shape index (κ1) is 26.4. The van der Waals surface area contributed by atoms with Crippen molar-refractivity contribution < 1.29 is 49.1 Å². The van der Waals surface area contributed by atoms with Gasteiger partial charge < -0.3 is 41.4 Å². The highest BCUT2D eigenvalue weighted by molar-refractivity contribution is 5.96. The standard InChI is InChI=1S/C22H24N2O10/c23-15(9-11-1-5-13(25)6-2-11)19(29)33-21(31)17(27)18(28)22(32)34-20(30)16(24)10-12-3-7-14(26)8-4-12/h1-8,15-18,25-28H,9-10,23-24H2/t15-,16-,17?,18?/m0/s1. The van der Waals surface area contributed by atoms with Gasteiger partial charge in [0.1, 0.15) is 23.6 Å². The van der Waals surface area contributed by atoms with Crippen LogP contribution in [-0.4, -0.2) is 68.6 Å². The second-order valence-corrected chi connectivity index (χ2v) is 7.32. The molecule has 4 atom stereocenters. The number of phenols is 2. The minimum Gasteiger partial charge on any atom is -0.508 e. The number of carbonyl (C=O) groups excluding carboxylic acids is 4. The molecule has 0 aliphatic rings. The number of nitrogens with two attached hydrogens (primary N) is 2. The molecule has 0 heterocycles. The number of ether oxygens (including phenoxy) is 2. The summed E-state index contributed by atoms with van der Waals surface area (Å²) < 4.78 is 8.76. The largest absolute Gasteiger partial charge is 0.508 e. The summed E-state index contributed by atoms with van der Waals surface area (Å²) in [5.41, 5.74) is 12.4. The van der Waals surface area contributed by atoms with E-state index in [-0.39, 0.29) is 24.3 Å². The zero-order valence-electron chi connectivity index (χ0n) is 17.7. The van der Waals surface area contributed by atoms with Gasteiger partial charge in [0.25, 0.3) is 0 Å². The number of aliphatic hydroxyl groups excluding tert-OH is 2. The maximum Gasteiger partial charge on any atom is 0.346 e. The van der Waals surface area contributed by atoms with E-state index in [2.05, 4.69) is 9.47 Å². The molecule has 0 saturated heterocycles. The minimum atomic E-state index is -2.54. The first-order chi connectivity index (χ1) is 16.0. The van der Waals surface area contributed by atoms with Crippen LogP contribution in [0.15, 0.2) is 48.5 Å². The smallest absolute Gasteiger partial charge is 0.346 e. The summed E-state index contributed by atoms with van der Waals surface area (Å²) >= 11 is 0. The number of hydrogen-bond donors (Lipinski definition) is 6. The molecule has 2 aromatic carbocycles. The van der Waals surface area contributed by atoms with Crippen molar-refractivity contribution in [2.75, 3.05) is 0 Å². The van der Waals surface area contributed by atoms with E-state index in [0.29, 0.717) is 11.1 Å². The van der Waals surface area contributed by atoms with Crippen LogP contribution < -0.4 is 11.5 Å². The van der Waals surface area contributed by atoms with Gasteiger partial charge in [-0.2, -0.15) is 0 Å². The third kappa shape index (κ3) is 7.64. The Bertz CT molecular complexity index is 939. The summed E-state index contributed by atoms with van der Waals surface area (Å²) in [5.74, 6) is -5.86. The zero-order chi connectivity index (χ0) is 25.4. The molecule has 0 bridgehead atoms. The fraction of sp³-hybridized carbons (Fsp3) is 0.273. The van der Waals surface area contributed by atoms with E-state index in [1.807, 2.05) is 0 Å². The molecule has 12 nitrogen and oxygen atoms in total. The van der Waals surface area contributed by atoms with Gasteiger partial charge in [-0.1, -0.05) is 24.3 Å². The summed E-state index contributed by atoms with van der Waals surface area (Å²) in [6.07, 6.45) is -5.22. The molecule has 0 amide bonds. The van der Waals surface area contributed by atoms with Crippen molar-refractivity contribution in [1.82, 2.24) is 0 Å². The molecule has 182 valence electrons. The van der Waals surface area contributed by atoms with Crippen LogP contribution in [0.2, 0.25) is 0 Å². The predicted molar refractivity (Wildman–Crippen MR) is 114 cm³/mol. The molecule has 12 heteroatoms. The second-order valence-electron chi connectivity index (χ2n) is 7.32. The highest BCUT2D eigenvalue weighted by Gasteiger charge is 2.36. The van der Waals surface area contributed by atoms with Gasteiger partial charge in [0.2, 0.25) is 0 Å². The van der Waals surface area contributed by atoms with Gasteiger partial charge in [0, 0.05) is 0 Å². The van der Waals surface area contributed by atoms with Crippen LogP contribution in [-0.2, 0) is 41.5 Å². The summed E-state index contributed by atoms with van der Waals surface area (Å²) in [6.45, 7) is 0. The lowest BCUT2D eigenvalue weighted by Crippen LogP contribution is -2.46. The first-order valence-corrected chi connectivity index (χ1v) is 9.92. The number of aromatic hydroxyl groups is 2. The lowest BCUT2D eigenvalue weighted by Gasteiger charge is -2.17. The van der Waals surface area contributed by atoms with Crippen molar-refractivity contribution in [3.05, 3.63) is 59.7 Å². The van der Waals surface area contributed by atoms with Gasteiger partial charge in [0.05, 0.1) is 0 Å². The van der Waals surface area contributed by atoms with E-state index >= 15 is 0 Å². The Morgan fingerprint density at radius 3 is 1.21 bits per heavy atom. The molecule has 0 aliphatic heterocycles. The molecule has 2 unspecified atom stereocenters. The van der Waals surface area contributed by atoms with E-state index in [0.717, 1.165) is 0 Å². The zero-order valence-corrected chi connectivity index (χ0v) is 17.7. The van der Waals surface area contributed by atoms with Crippen molar-refractivity contribution in [2.45, 2.75) is 37.1 Å². The third-order valence-corrected chi connectivity index (χ3v) is 4.57. The van der Waals surface area contributed by atoms with E-state index in [4.69, 9.17) is 11.5 Å². The Kier molecular flexibility index (Phi) is 9.21. The highest BCUT2D eigenvalue weighted by Crippen LogP contribution is 2.13. The molecule has 0 aliphatic carbocycles. The lowest BCUT2D eigenvalue weighted by atomic mass is 10.1. The quantitative estimate of drug-likeness (QED) is 0.178. The number of hydrogen-bond acceptors (Lipinski definition) is 12. The maximum absolute atomic E-state index is 12.0. The Balaban J connectivity index is 1.85. The SMILES string of the molecule is N[C@@H](Cc1ccc(O)cc1)C(=O)OC(=O)C(O)C(O)C(=O)OC(=O)[C@@H](N)Cc1ccc(O)cc1. The minimum absolute atomic E-state index is 0.00105. The summed E-state index contributed by atoms with van der Waals surface area (Å²) in [6, 6.07) is 8.75. The number of carbonyl (C=O) groups is 4. The molecule has 0 spiro atoms. The summed E-state index contributed by atoms with van der Waals surface area (Å²) in [5, 5.41) is 38.1. The van der Waals surface area contributed by atoms with Gasteiger partial charge in [0.15, 0.2) is 12.2 Å². The monoisotopic (exact) mass is 476 g/mol. The molecule has 34 heavy (non-hydrogen) atoms. The fourth-order valence-electron chi connectivity index (χ4n) is 2.67. The molecule has 0 fully saturated rings. The van der Waals surface area contributed by atoms with Crippen LogP contribution in [0.25, 0.3) is 0 Å². The molecule has 0 aromatic heterocycles. The Morgan fingerprint density at radius 1 is 0.618 bits per heavy atom. The number of phenolic OH excluding ortho intramolecular Hbond substituents is 2. The van der Waals surface area contributed by atoms with Crippen molar-refractivity contribution in [1.29, 1.82) is 0 Å². The van der Waals surface area contributed by atoms with Crippen LogP contribution in [0.1, 0.15) is 11.1 Å². The van der Waals surface area contributed by atoms with E-state index in [1.165, 1.54) is 48.5 Å². The van der Waals surface area contributed by atoms with Gasteiger partial charge >= 0.3 is 23.9 Å². The molecule has 0 saturated carbocycles. The number of aliphatic hydroxyl groups is 2.